The van der Waals surface area contributed by atoms with Crippen LogP contribution in [0.2, 0.25) is 0 Å². The standard InChI is InChI=1S/C16H14O2S.2Na.2H/c17-19(18,13-11-15-7-3-1-4-8-15)14-12-16-9-5-2-6-10-16;;;;/h1-14H;;;;. The van der Waals surface area contributed by atoms with Crippen LogP contribution in [0.4, 0.5) is 0 Å². The summed E-state index contributed by atoms with van der Waals surface area (Å²) in [5, 5.41) is 2.42. The summed E-state index contributed by atoms with van der Waals surface area (Å²) >= 11 is 0. The van der Waals surface area contributed by atoms with Gasteiger partial charge in [-0.2, -0.15) is 0 Å². The van der Waals surface area contributed by atoms with Gasteiger partial charge in [-0.15, -0.1) is 0 Å². The van der Waals surface area contributed by atoms with Gasteiger partial charge in [0, 0.05) is 10.8 Å². The van der Waals surface area contributed by atoms with Gasteiger partial charge in [-0.05, 0) is 23.3 Å². The van der Waals surface area contributed by atoms with E-state index in [9.17, 15) is 8.42 Å². The normalized spacial score (nSPS) is 11.0. The Balaban J connectivity index is 0.00000200. The van der Waals surface area contributed by atoms with Gasteiger partial charge in [0.05, 0.1) is 0 Å². The predicted molar refractivity (Wildman–Crippen MR) is 94.2 cm³/mol. The van der Waals surface area contributed by atoms with Gasteiger partial charge < -0.3 is 0 Å². The van der Waals surface area contributed by atoms with Gasteiger partial charge >= 0.3 is 59.1 Å². The van der Waals surface area contributed by atoms with Crippen LogP contribution in [-0.4, -0.2) is 67.5 Å². The maximum absolute atomic E-state index is 11.8. The van der Waals surface area contributed by atoms with E-state index in [-0.39, 0.29) is 59.1 Å². The molecule has 0 N–H and O–H groups in total. The molecule has 2 aromatic carbocycles. The molecule has 0 spiro atoms. The summed E-state index contributed by atoms with van der Waals surface area (Å²) in [6.45, 7) is 0. The van der Waals surface area contributed by atoms with Gasteiger partial charge in [0.2, 0.25) is 0 Å². The number of hydrogen-bond donors (Lipinski definition) is 0. The van der Waals surface area contributed by atoms with Crippen molar-refractivity contribution >= 4 is 81.1 Å². The Labute approximate surface area is 170 Å². The molecule has 0 aliphatic rings. The molecule has 0 saturated heterocycles. The average Bonchev–Trinajstić information content (AvgIpc) is 2.46. The molecule has 0 fully saturated rings. The van der Waals surface area contributed by atoms with E-state index >= 15 is 0 Å². The molecule has 0 unspecified atom stereocenters. The second kappa shape index (κ2) is 10.6. The van der Waals surface area contributed by atoms with E-state index < -0.39 is 9.84 Å². The molecule has 0 radical (unpaired) electrons. The van der Waals surface area contributed by atoms with Crippen LogP contribution in [0.5, 0.6) is 0 Å². The summed E-state index contributed by atoms with van der Waals surface area (Å²) < 4.78 is 23.6. The first kappa shape index (κ1) is 20.9. The molecule has 0 heterocycles. The van der Waals surface area contributed by atoms with E-state index in [0.29, 0.717) is 0 Å². The molecule has 0 aliphatic carbocycles. The Bertz CT molecular complexity index is 623. The molecule has 0 aliphatic heterocycles. The quantitative estimate of drug-likeness (QED) is 0.812. The predicted octanol–water partition coefficient (Wildman–Crippen LogP) is 2.45. The topological polar surface area (TPSA) is 34.1 Å². The van der Waals surface area contributed by atoms with Gasteiger partial charge in [-0.3, -0.25) is 0 Å². The van der Waals surface area contributed by atoms with Crippen LogP contribution in [0.15, 0.2) is 71.5 Å². The molecule has 2 nitrogen and oxygen atoms in total. The van der Waals surface area contributed by atoms with Gasteiger partial charge in [-0.1, -0.05) is 60.7 Å². The fraction of sp³-hybridized carbons (Fsp3) is 0. The van der Waals surface area contributed by atoms with Crippen molar-refractivity contribution in [3.05, 3.63) is 82.6 Å². The number of hydrogen-bond acceptors (Lipinski definition) is 2. The summed E-state index contributed by atoms with van der Waals surface area (Å²) in [5.74, 6) is 0. The van der Waals surface area contributed by atoms with E-state index in [1.807, 2.05) is 60.7 Å². The molecule has 2 rings (SSSR count). The summed E-state index contributed by atoms with van der Waals surface area (Å²) in [4.78, 5) is 0. The Morgan fingerprint density at radius 2 is 0.952 bits per heavy atom. The van der Waals surface area contributed by atoms with Crippen LogP contribution in [0.25, 0.3) is 12.2 Å². The Morgan fingerprint density at radius 3 is 1.29 bits per heavy atom. The zero-order valence-electron chi connectivity index (χ0n) is 10.3. The monoisotopic (exact) mass is 318 g/mol. The summed E-state index contributed by atoms with van der Waals surface area (Å²) in [6, 6.07) is 18.7. The zero-order chi connectivity index (χ0) is 13.6. The molecule has 21 heavy (non-hydrogen) atoms. The van der Waals surface area contributed by atoms with Crippen LogP contribution in [-0.2, 0) is 9.84 Å². The van der Waals surface area contributed by atoms with Gasteiger partial charge in [0.25, 0.3) is 0 Å². The van der Waals surface area contributed by atoms with Crippen LogP contribution < -0.4 is 0 Å². The van der Waals surface area contributed by atoms with Gasteiger partial charge in [0.1, 0.15) is 0 Å². The van der Waals surface area contributed by atoms with Crippen molar-refractivity contribution in [3.63, 3.8) is 0 Å². The van der Waals surface area contributed by atoms with Crippen molar-refractivity contribution in [2.75, 3.05) is 0 Å². The third-order valence-corrected chi connectivity index (χ3v) is 3.53. The molecular weight excluding hydrogens is 302 g/mol. The van der Waals surface area contributed by atoms with E-state index in [4.69, 9.17) is 0 Å². The third-order valence-electron chi connectivity index (χ3n) is 2.50. The number of benzene rings is 2. The molecule has 5 heteroatoms. The Morgan fingerprint density at radius 1 is 0.619 bits per heavy atom. The molecule has 0 saturated carbocycles. The minimum atomic E-state index is -3.34. The molecule has 0 amide bonds. The van der Waals surface area contributed by atoms with E-state index in [2.05, 4.69) is 0 Å². The fourth-order valence-electron chi connectivity index (χ4n) is 1.52. The maximum atomic E-state index is 11.8. The number of sulfone groups is 1. The van der Waals surface area contributed by atoms with Crippen LogP contribution in [0.1, 0.15) is 11.1 Å². The second-order valence-electron chi connectivity index (χ2n) is 4.02. The van der Waals surface area contributed by atoms with Gasteiger partial charge in [0.15, 0.2) is 9.84 Å². The molecule has 100 valence electrons. The summed E-state index contributed by atoms with van der Waals surface area (Å²) in [6.07, 6.45) is 3.18. The third kappa shape index (κ3) is 8.17. The van der Waals surface area contributed by atoms with Crippen molar-refractivity contribution in [2.45, 2.75) is 0 Å². The first-order valence-corrected chi connectivity index (χ1v) is 7.48. The fourth-order valence-corrected chi connectivity index (χ4v) is 2.30. The van der Waals surface area contributed by atoms with Crippen LogP contribution >= 0.6 is 0 Å². The Hall–Kier alpha value is -0.130. The van der Waals surface area contributed by atoms with Crippen molar-refractivity contribution in [3.8, 4) is 0 Å². The molecule has 2 aromatic rings. The summed E-state index contributed by atoms with van der Waals surface area (Å²) in [7, 11) is -3.34. The minimum absolute atomic E-state index is 0. The van der Waals surface area contributed by atoms with Crippen molar-refractivity contribution in [1.29, 1.82) is 0 Å². The molecule has 0 atom stereocenters. The molecule has 0 bridgehead atoms. The molecule has 0 aromatic heterocycles. The van der Waals surface area contributed by atoms with Crippen molar-refractivity contribution in [1.82, 2.24) is 0 Å². The van der Waals surface area contributed by atoms with E-state index in [1.165, 1.54) is 10.8 Å². The number of rotatable bonds is 4. The first-order chi connectivity index (χ1) is 9.16. The SMILES string of the molecule is O=S(=O)(C=Cc1ccccc1)C=Cc1ccccc1.[NaH].[NaH]. The van der Waals surface area contributed by atoms with Crippen LogP contribution in [0.3, 0.4) is 0 Å². The molecular formula is C16H16Na2O2S. The van der Waals surface area contributed by atoms with Crippen molar-refractivity contribution < 1.29 is 8.42 Å². The average molecular weight is 318 g/mol. The summed E-state index contributed by atoms with van der Waals surface area (Å²) in [5.41, 5.74) is 1.72. The Kier molecular flexibility index (Phi) is 10.5. The van der Waals surface area contributed by atoms with E-state index in [1.54, 1.807) is 12.2 Å². The first-order valence-electron chi connectivity index (χ1n) is 5.87. The van der Waals surface area contributed by atoms with Crippen LogP contribution in [0, 0.1) is 0 Å². The van der Waals surface area contributed by atoms with Crippen molar-refractivity contribution in [2.24, 2.45) is 0 Å². The zero-order valence-corrected chi connectivity index (χ0v) is 11.1. The van der Waals surface area contributed by atoms with E-state index in [0.717, 1.165) is 11.1 Å². The van der Waals surface area contributed by atoms with Gasteiger partial charge in [-0.25, -0.2) is 8.42 Å². The second-order valence-corrected chi connectivity index (χ2v) is 5.74.